The standard InChI is InChI=1S/C23H17ClN4O3S2/c24-20-6-5-16(33-20)12-25-21-11-19(26-28(21)22(29)15-7-9-31-14-15)18-4-1-8-27(23(18)30)13-17-3-2-10-32-17/h1-11,14,25H,12-13H2. The van der Waals surface area contributed by atoms with E-state index in [9.17, 15) is 9.59 Å². The number of halogens is 1. The van der Waals surface area contributed by atoms with E-state index in [2.05, 4.69) is 10.4 Å². The highest BCUT2D eigenvalue weighted by atomic mass is 35.5. The summed E-state index contributed by atoms with van der Waals surface area (Å²) in [6.45, 7) is 0.932. The maximum Gasteiger partial charge on any atom is 0.283 e. The van der Waals surface area contributed by atoms with Crippen LogP contribution in [0.25, 0.3) is 11.3 Å². The average molecular weight is 497 g/mol. The number of nitrogens with zero attached hydrogens (tertiary/aromatic N) is 3. The van der Waals surface area contributed by atoms with E-state index in [-0.39, 0.29) is 11.5 Å². The molecule has 5 heterocycles. The number of hydrogen-bond donors (Lipinski definition) is 1. The number of furan rings is 1. The highest BCUT2D eigenvalue weighted by Gasteiger charge is 2.20. The SMILES string of the molecule is O=C(c1ccoc1)n1nc(-c2cccn(Cc3cccs3)c2=O)cc1NCc1ccc(Cl)s1. The molecule has 0 saturated heterocycles. The van der Waals surface area contributed by atoms with Crippen molar-refractivity contribution in [1.82, 2.24) is 14.3 Å². The maximum absolute atomic E-state index is 13.2. The van der Waals surface area contributed by atoms with Crippen molar-refractivity contribution in [3.05, 3.63) is 103 Å². The van der Waals surface area contributed by atoms with Crippen LogP contribution in [-0.4, -0.2) is 20.3 Å². The normalized spacial score (nSPS) is 11.1. The van der Waals surface area contributed by atoms with Gasteiger partial charge in [0.2, 0.25) is 0 Å². The number of thiophene rings is 2. The van der Waals surface area contributed by atoms with Crippen molar-refractivity contribution in [3.8, 4) is 11.3 Å². The van der Waals surface area contributed by atoms with Crippen molar-refractivity contribution in [2.45, 2.75) is 13.1 Å². The third kappa shape index (κ3) is 4.56. The number of carbonyl (C=O) groups excluding carboxylic acids is 1. The second kappa shape index (κ2) is 9.22. The Morgan fingerprint density at radius 2 is 2.06 bits per heavy atom. The van der Waals surface area contributed by atoms with Crippen molar-refractivity contribution in [1.29, 1.82) is 0 Å². The minimum atomic E-state index is -0.364. The molecule has 0 radical (unpaired) electrons. The fourth-order valence-electron chi connectivity index (χ4n) is 3.35. The first-order valence-corrected chi connectivity index (χ1v) is 12.0. The molecule has 5 aromatic rings. The van der Waals surface area contributed by atoms with Gasteiger partial charge in [0, 0.05) is 22.0 Å². The summed E-state index contributed by atoms with van der Waals surface area (Å²) in [5, 5.41) is 9.70. The lowest BCUT2D eigenvalue weighted by molar-refractivity contribution is 0.0947. The molecule has 0 spiro atoms. The summed E-state index contributed by atoms with van der Waals surface area (Å²) in [5.74, 6) is 0.102. The van der Waals surface area contributed by atoms with Crippen molar-refractivity contribution in [3.63, 3.8) is 0 Å². The van der Waals surface area contributed by atoms with Gasteiger partial charge >= 0.3 is 0 Å². The van der Waals surface area contributed by atoms with Gasteiger partial charge in [-0.1, -0.05) is 17.7 Å². The molecule has 0 aromatic carbocycles. The summed E-state index contributed by atoms with van der Waals surface area (Å²) in [7, 11) is 0. The van der Waals surface area contributed by atoms with Crippen molar-refractivity contribution in [2.24, 2.45) is 0 Å². The molecule has 0 aliphatic rings. The van der Waals surface area contributed by atoms with Crippen LogP contribution in [0.3, 0.4) is 0 Å². The Morgan fingerprint density at radius 1 is 1.15 bits per heavy atom. The predicted octanol–water partition coefficient (Wildman–Crippen LogP) is 5.43. The van der Waals surface area contributed by atoms with Gasteiger partial charge in [0.1, 0.15) is 17.8 Å². The van der Waals surface area contributed by atoms with E-state index < -0.39 is 0 Å². The fraction of sp³-hybridized carbons (Fsp3) is 0.0870. The van der Waals surface area contributed by atoms with Crippen LogP contribution in [0.1, 0.15) is 20.1 Å². The van der Waals surface area contributed by atoms with Gasteiger partial charge in [-0.15, -0.1) is 22.7 Å². The monoisotopic (exact) mass is 496 g/mol. The van der Waals surface area contributed by atoms with Gasteiger partial charge in [0.15, 0.2) is 0 Å². The third-order valence-corrected chi connectivity index (χ3v) is 7.04. The highest BCUT2D eigenvalue weighted by Crippen LogP contribution is 2.25. The second-order valence-corrected chi connectivity index (χ2v) is 9.97. The molecule has 0 unspecified atom stereocenters. The Labute approximate surface area is 201 Å². The number of aromatic nitrogens is 3. The van der Waals surface area contributed by atoms with Crippen LogP contribution >= 0.6 is 34.3 Å². The minimum absolute atomic E-state index is 0.178. The molecule has 33 heavy (non-hydrogen) atoms. The Morgan fingerprint density at radius 3 is 2.79 bits per heavy atom. The molecule has 10 heteroatoms. The molecular weight excluding hydrogens is 480 g/mol. The topological polar surface area (TPSA) is 82.1 Å². The first-order valence-electron chi connectivity index (χ1n) is 9.96. The Hall–Kier alpha value is -3.40. The zero-order valence-electron chi connectivity index (χ0n) is 17.1. The quantitative estimate of drug-likeness (QED) is 0.325. The molecule has 0 saturated carbocycles. The molecule has 1 N–H and O–H groups in total. The first-order chi connectivity index (χ1) is 16.1. The molecule has 0 fully saturated rings. The third-order valence-electron chi connectivity index (χ3n) is 4.94. The van der Waals surface area contributed by atoms with E-state index in [1.807, 2.05) is 35.7 Å². The van der Waals surface area contributed by atoms with Crippen LogP contribution in [0.2, 0.25) is 4.34 Å². The van der Waals surface area contributed by atoms with Gasteiger partial charge in [0.05, 0.1) is 34.8 Å². The Bertz CT molecular complexity index is 1450. The summed E-state index contributed by atoms with van der Waals surface area (Å²) in [5.41, 5.74) is 0.997. The van der Waals surface area contributed by atoms with Crippen LogP contribution < -0.4 is 10.9 Å². The van der Waals surface area contributed by atoms with Crippen LogP contribution in [0, 0.1) is 0 Å². The highest BCUT2D eigenvalue weighted by molar-refractivity contribution is 7.16. The maximum atomic E-state index is 13.2. The molecule has 0 aliphatic carbocycles. The van der Waals surface area contributed by atoms with Gasteiger partial charge in [0.25, 0.3) is 11.5 Å². The zero-order chi connectivity index (χ0) is 22.8. The summed E-state index contributed by atoms with van der Waals surface area (Å²) in [6.07, 6.45) is 4.54. The molecule has 5 rings (SSSR count). The molecule has 5 aromatic heterocycles. The lowest BCUT2D eigenvalue weighted by atomic mass is 10.2. The largest absolute Gasteiger partial charge is 0.472 e. The molecular formula is C23H17ClN4O3S2. The van der Waals surface area contributed by atoms with Gasteiger partial charge in [-0.3, -0.25) is 9.59 Å². The Kier molecular flexibility index (Phi) is 5.99. The van der Waals surface area contributed by atoms with Crippen LogP contribution in [0.15, 0.2) is 81.8 Å². The van der Waals surface area contributed by atoms with E-state index in [0.29, 0.717) is 40.1 Å². The van der Waals surface area contributed by atoms with Gasteiger partial charge in [-0.25, -0.2) is 0 Å². The fourth-order valence-corrected chi connectivity index (χ4v) is 5.08. The summed E-state index contributed by atoms with van der Waals surface area (Å²) in [4.78, 5) is 28.3. The number of nitrogens with one attached hydrogen (secondary N) is 1. The van der Waals surface area contributed by atoms with Gasteiger partial charge < -0.3 is 14.3 Å². The molecule has 0 aliphatic heterocycles. The molecule has 0 atom stereocenters. The number of anilines is 1. The lowest BCUT2D eigenvalue weighted by Gasteiger charge is -2.06. The van der Waals surface area contributed by atoms with E-state index in [1.54, 1.807) is 40.3 Å². The van der Waals surface area contributed by atoms with Crippen molar-refractivity contribution in [2.75, 3.05) is 5.32 Å². The predicted molar refractivity (Wildman–Crippen MR) is 130 cm³/mol. The van der Waals surface area contributed by atoms with E-state index >= 15 is 0 Å². The molecule has 0 bridgehead atoms. The van der Waals surface area contributed by atoms with E-state index in [1.165, 1.54) is 28.5 Å². The lowest BCUT2D eigenvalue weighted by Crippen LogP contribution is -2.21. The Balaban J connectivity index is 1.51. The molecule has 7 nitrogen and oxygen atoms in total. The summed E-state index contributed by atoms with van der Waals surface area (Å²) in [6, 6.07) is 14.5. The average Bonchev–Trinajstić information content (AvgIpc) is 3.61. The van der Waals surface area contributed by atoms with Gasteiger partial charge in [-0.05, 0) is 41.8 Å². The number of hydrogen-bond acceptors (Lipinski definition) is 7. The first kappa shape index (κ1) is 21.4. The smallest absolute Gasteiger partial charge is 0.283 e. The van der Waals surface area contributed by atoms with Crippen LogP contribution in [0.4, 0.5) is 5.82 Å². The van der Waals surface area contributed by atoms with Crippen LogP contribution in [-0.2, 0) is 13.1 Å². The second-order valence-electron chi connectivity index (χ2n) is 7.14. The van der Waals surface area contributed by atoms with Crippen molar-refractivity contribution < 1.29 is 9.21 Å². The summed E-state index contributed by atoms with van der Waals surface area (Å²) < 4.78 is 8.64. The van der Waals surface area contributed by atoms with Crippen LogP contribution in [0.5, 0.6) is 0 Å². The van der Waals surface area contributed by atoms with Crippen molar-refractivity contribution >= 4 is 46.0 Å². The number of carbonyl (C=O) groups is 1. The molecule has 166 valence electrons. The number of pyridine rings is 1. The van der Waals surface area contributed by atoms with Gasteiger partial charge in [-0.2, -0.15) is 9.78 Å². The number of rotatable bonds is 7. The van der Waals surface area contributed by atoms with E-state index in [0.717, 1.165) is 9.75 Å². The zero-order valence-corrected chi connectivity index (χ0v) is 19.5. The summed E-state index contributed by atoms with van der Waals surface area (Å²) >= 11 is 9.07. The minimum Gasteiger partial charge on any atom is -0.472 e. The van der Waals surface area contributed by atoms with E-state index in [4.69, 9.17) is 16.0 Å². The molecule has 0 amide bonds.